The highest BCUT2D eigenvalue weighted by molar-refractivity contribution is 6.04. The number of hydrogen-bond donors (Lipinski definition) is 1. The Bertz CT molecular complexity index is 835. The van der Waals surface area contributed by atoms with Crippen molar-refractivity contribution in [3.8, 4) is 11.4 Å². The summed E-state index contributed by atoms with van der Waals surface area (Å²) < 4.78 is 15.4. The predicted octanol–water partition coefficient (Wildman–Crippen LogP) is 3.18. The summed E-state index contributed by atoms with van der Waals surface area (Å²) >= 11 is 0. The maximum Gasteiger partial charge on any atom is 0.255 e. The number of para-hydroxylation sites is 1. The molecule has 1 amide bonds. The Balaban J connectivity index is 1.81. The number of rotatable bonds is 3. The van der Waals surface area contributed by atoms with Gasteiger partial charge >= 0.3 is 0 Å². The molecule has 1 heterocycles. The number of halogens is 1. The number of carbonyl (C=O) groups is 1. The van der Waals surface area contributed by atoms with E-state index in [0.717, 1.165) is 5.56 Å². The monoisotopic (exact) mass is 310 g/mol. The van der Waals surface area contributed by atoms with Gasteiger partial charge in [0.25, 0.3) is 5.91 Å². The summed E-state index contributed by atoms with van der Waals surface area (Å²) in [6, 6.07) is 11.5. The highest BCUT2D eigenvalue weighted by Crippen LogP contribution is 2.20. The Morgan fingerprint density at radius 2 is 1.91 bits per heavy atom. The lowest BCUT2D eigenvalue weighted by atomic mass is 10.1. The number of aryl methyl sites for hydroxylation is 2. The maximum absolute atomic E-state index is 13.8. The quantitative estimate of drug-likeness (QED) is 0.808. The zero-order valence-electron chi connectivity index (χ0n) is 12.7. The van der Waals surface area contributed by atoms with Crippen LogP contribution in [0.5, 0.6) is 0 Å². The minimum atomic E-state index is -0.451. The van der Waals surface area contributed by atoms with Crippen LogP contribution in [0, 0.1) is 12.7 Å². The Morgan fingerprint density at radius 3 is 2.52 bits per heavy atom. The van der Waals surface area contributed by atoms with Crippen molar-refractivity contribution >= 4 is 11.6 Å². The summed E-state index contributed by atoms with van der Waals surface area (Å²) in [5.41, 5.74) is 2.12. The van der Waals surface area contributed by atoms with Gasteiger partial charge in [0.1, 0.15) is 12.1 Å². The fourth-order valence-corrected chi connectivity index (χ4v) is 2.22. The lowest BCUT2D eigenvalue weighted by Crippen LogP contribution is -2.13. The molecule has 0 fully saturated rings. The third-order valence-corrected chi connectivity index (χ3v) is 3.47. The largest absolute Gasteiger partial charge is 0.319 e. The molecule has 6 heteroatoms. The number of nitrogens with zero attached hydrogens (tertiary/aromatic N) is 3. The standard InChI is InChI=1S/C17H15FN4O/c1-11-4-3-5-14(18)15(11)20-17(23)13-8-6-12(7-9-13)16-19-10-22(2)21-16/h3-10H,1-2H3,(H,20,23). The Kier molecular flexibility index (Phi) is 3.89. The molecule has 3 rings (SSSR count). The number of benzene rings is 2. The molecule has 0 radical (unpaired) electrons. The van der Waals surface area contributed by atoms with Crippen molar-refractivity contribution in [3.63, 3.8) is 0 Å². The smallest absolute Gasteiger partial charge is 0.255 e. The van der Waals surface area contributed by atoms with Gasteiger partial charge in [-0.25, -0.2) is 9.37 Å². The van der Waals surface area contributed by atoms with Gasteiger partial charge in [-0.05, 0) is 30.7 Å². The van der Waals surface area contributed by atoms with Gasteiger partial charge in [0, 0.05) is 18.2 Å². The van der Waals surface area contributed by atoms with Crippen LogP contribution in [0.4, 0.5) is 10.1 Å². The number of aromatic nitrogens is 3. The second-order valence-corrected chi connectivity index (χ2v) is 5.21. The minimum absolute atomic E-state index is 0.202. The van der Waals surface area contributed by atoms with Crippen molar-refractivity contribution in [2.75, 3.05) is 5.32 Å². The lowest BCUT2D eigenvalue weighted by Gasteiger charge is -2.09. The zero-order valence-corrected chi connectivity index (χ0v) is 12.7. The molecule has 1 aromatic heterocycles. The molecule has 0 saturated carbocycles. The molecule has 0 unspecified atom stereocenters. The van der Waals surface area contributed by atoms with E-state index in [1.54, 1.807) is 61.4 Å². The molecule has 0 aliphatic heterocycles. The molecule has 5 nitrogen and oxygen atoms in total. The molecule has 0 aliphatic carbocycles. The first-order valence-corrected chi connectivity index (χ1v) is 7.07. The highest BCUT2D eigenvalue weighted by Gasteiger charge is 2.12. The van der Waals surface area contributed by atoms with E-state index in [1.165, 1.54) is 6.07 Å². The van der Waals surface area contributed by atoms with Gasteiger partial charge in [0.2, 0.25) is 0 Å². The second-order valence-electron chi connectivity index (χ2n) is 5.21. The van der Waals surface area contributed by atoms with Crippen LogP contribution in [0.3, 0.4) is 0 Å². The lowest BCUT2D eigenvalue weighted by molar-refractivity contribution is 0.102. The summed E-state index contributed by atoms with van der Waals surface area (Å²) in [4.78, 5) is 16.4. The summed E-state index contributed by atoms with van der Waals surface area (Å²) in [5.74, 6) is -0.226. The fourth-order valence-electron chi connectivity index (χ4n) is 2.22. The van der Waals surface area contributed by atoms with Crippen LogP contribution in [0.1, 0.15) is 15.9 Å². The van der Waals surface area contributed by atoms with E-state index in [4.69, 9.17) is 0 Å². The van der Waals surface area contributed by atoms with Gasteiger partial charge < -0.3 is 5.32 Å². The summed E-state index contributed by atoms with van der Waals surface area (Å²) in [6.45, 7) is 1.74. The Morgan fingerprint density at radius 1 is 1.17 bits per heavy atom. The molecule has 0 aliphatic rings. The van der Waals surface area contributed by atoms with Gasteiger partial charge in [-0.3, -0.25) is 9.48 Å². The van der Waals surface area contributed by atoms with Gasteiger partial charge in [0.15, 0.2) is 5.82 Å². The number of nitrogens with one attached hydrogen (secondary N) is 1. The van der Waals surface area contributed by atoms with Crippen molar-refractivity contribution in [1.82, 2.24) is 14.8 Å². The van der Waals surface area contributed by atoms with Crippen molar-refractivity contribution in [2.24, 2.45) is 7.05 Å². The van der Waals surface area contributed by atoms with Crippen LogP contribution in [0.15, 0.2) is 48.8 Å². The fraction of sp³-hybridized carbons (Fsp3) is 0.118. The van der Waals surface area contributed by atoms with Crippen LogP contribution in [0.2, 0.25) is 0 Å². The van der Waals surface area contributed by atoms with Gasteiger partial charge in [-0.15, -0.1) is 0 Å². The van der Waals surface area contributed by atoms with Gasteiger partial charge in [-0.1, -0.05) is 24.3 Å². The Hall–Kier alpha value is -3.02. The van der Waals surface area contributed by atoms with Gasteiger partial charge in [-0.2, -0.15) is 5.10 Å². The van der Waals surface area contributed by atoms with E-state index in [1.807, 2.05) is 0 Å². The molecule has 0 atom stereocenters. The molecule has 2 aromatic carbocycles. The molecular formula is C17H15FN4O. The first-order chi connectivity index (χ1) is 11.0. The average Bonchev–Trinajstić information content (AvgIpc) is 2.97. The van der Waals surface area contributed by atoms with Crippen LogP contribution in [-0.2, 0) is 7.05 Å². The second kappa shape index (κ2) is 6.00. The third-order valence-electron chi connectivity index (χ3n) is 3.47. The van der Waals surface area contributed by atoms with Crippen LogP contribution >= 0.6 is 0 Å². The third kappa shape index (κ3) is 3.11. The summed E-state index contributed by atoms with van der Waals surface area (Å²) in [5, 5.41) is 6.81. The van der Waals surface area contributed by atoms with Crippen molar-refractivity contribution < 1.29 is 9.18 Å². The molecule has 23 heavy (non-hydrogen) atoms. The SMILES string of the molecule is Cc1cccc(F)c1NC(=O)c1ccc(-c2ncn(C)n2)cc1. The number of amides is 1. The first-order valence-electron chi connectivity index (χ1n) is 7.07. The van der Waals surface area contributed by atoms with E-state index in [-0.39, 0.29) is 11.6 Å². The van der Waals surface area contributed by atoms with Crippen LogP contribution < -0.4 is 5.32 Å². The van der Waals surface area contributed by atoms with Crippen molar-refractivity contribution in [1.29, 1.82) is 0 Å². The average molecular weight is 310 g/mol. The topological polar surface area (TPSA) is 59.8 Å². The molecule has 0 bridgehead atoms. The van der Waals surface area contributed by atoms with Crippen molar-refractivity contribution in [2.45, 2.75) is 6.92 Å². The number of anilines is 1. The van der Waals surface area contributed by atoms with Crippen molar-refractivity contribution in [3.05, 3.63) is 65.7 Å². The number of hydrogen-bond acceptors (Lipinski definition) is 3. The van der Waals surface area contributed by atoms with E-state index in [2.05, 4.69) is 15.4 Å². The minimum Gasteiger partial charge on any atom is -0.319 e. The predicted molar refractivity (Wildman–Crippen MR) is 85.5 cm³/mol. The molecule has 116 valence electrons. The molecule has 0 saturated heterocycles. The van der Waals surface area contributed by atoms with Gasteiger partial charge in [0.05, 0.1) is 5.69 Å². The first kappa shape index (κ1) is 14.9. The van der Waals surface area contributed by atoms with E-state index in [0.29, 0.717) is 17.0 Å². The number of carbonyl (C=O) groups excluding carboxylic acids is 1. The zero-order chi connectivity index (χ0) is 16.4. The summed E-state index contributed by atoms with van der Waals surface area (Å²) in [7, 11) is 1.79. The maximum atomic E-state index is 13.8. The molecule has 0 spiro atoms. The van der Waals surface area contributed by atoms with E-state index in [9.17, 15) is 9.18 Å². The highest BCUT2D eigenvalue weighted by atomic mass is 19.1. The molecular weight excluding hydrogens is 295 g/mol. The van der Waals surface area contributed by atoms with Crippen LogP contribution in [-0.4, -0.2) is 20.7 Å². The molecule has 3 aromatic rings. The van der Waals surface area contributed by atoms with E-state index >= 15 is 0 Å². The Labute approximate surface area is 132 Å². The van der Waals surface area contributed by atoms with E-state index < -0.39 is 5.82 Å². The normalized spacial score (nSPS) is 10.6. The van der Waals surface area contributed by atoms with Crippen LogP contribution in [0.25, 0.3) is 11.4 Å². The molecule has 1 N–H and O–H groups in total. The summed E-state index contributed by atoms with van der Waals surface area (Å²) in [6.07, 6.45) is 1.61.